The van der Waals surface area contributed by atoms with E-state index in [1.54, 1.807) is 13.2 Å². The SMILES string of the molecule is COc1nc(O[C@H]2CCc3c(-c4cccc(-c5nc6c(=O)n(CCO)cc(Cl)c6o5)c4Cl)cccc32)ccc1CN1CC[C@@H](O)C1. The van der Waals surface area contributed by atoms with Crippen molar-refractivity contribution in [3.8, 4) is 34.3 Å². The molecule has 1 fully saturated rings. The number of fused-ring (bicyclic) bond motifs is 2. The summed E-state index contributed by atoms with van der Waals surface area (Å²) in [5.41, 5.74) is 5.30. The molecule has 0 amide bonds. The summed E-state index contributed by atoms with van der Waals surface area (Å²) in [4.78, 5) is 24.2. The van der Waals surface area contributed by atoms with Crippen molar-refractivity contribution in [2.24, 2.45) is 0 Å². The lowest BCUT2D eigenvalue weighted by molar-refractivity contribution is 0.174. The molecule has 7 rings (SSSR count). The summed E-state index contributed by atoms with van der Waals surface area (Å²) < 4.78 is 19.3. The highest BCUT2D eigenvalue weighted by Crippen LogP contribution is 2.44. The monoisotopic (exact) mass is 662 g/mol. The number of aromatic nitrogens is 3. The van der Waals surface area contributed by atoms with E-state index in [2.05, 4.69) is 20.9 Å². The van der Waals surface area contributed by atoms with Crippen LogP contribution < -0.4 is 15.0 Å². The fourth-order valence-corrected chi connectivity index (χ4v) is 7.01. The summed E-state index contributed by atoms with van der Waals surface area (Å²) in [6.07, 6.45) is 3.27. The molecule has 1 aliphatic carbocycles. The van der Waals surface area contributed by atoms with E-state index in [9.17, 15) is 15.0 Å². The van der Waals surface area contributed by atoms with Crippen LogP contribution in [0.3, 0.4) is 0 Å². The highest BCUT2D eigenvalue weighted by molar-refractivity contribution is 6.36. The lowest BCUT2D eigenvalue weighted by atomic mass is 9.95. The van der Waals surface area contributed by atoms with Gasteiger partial charge in [0.2, 0.25) is 17.7 Å². The molecule has 1 saturated heterocycles. The number of hydrogen-bond donors (Lipinski definition) is 2. The van der Waals surface area contributed by atoms with Gasteiger partial charge in [0.05, 0.1) is 30.4 Å². The lowest BCUT2D eigenvalue weighted by Gasteiger charge is -2.19. The number of β-amino-alcohol motifs (C(OH)–C–C–N with tert-alkyl or cyclic N) is 1. The third-order valence-corrected chi connectivity index (χ3v) is 9.34. The molecule has 0 saturated carbocycles. The number of aliphatic hydroxyl groups excluding tert-OH is 2. The van der Waals surface area contributed by atoms with Crippen LogP contribution in [0.1, 0.15) is 35.6 Å². The Bertz CT molecular complexity index is 1990. The Labute approximate surface area is 274 Å². The third kappa shape index (κ3) is 5.65. The topological polar surface area (TPSA) is 123 Å². The van der Waals surface area contributed by atoms with Gasteiger partial charge < -0.3 is 28.7 Å². The van der Waals surface area contributed by atoms with Gasteiger partial charge in [-0.15, -0.1) is 0 Å². The molecule has 12 heteroatoms. The lowest BCUT2D eigenvalue weighted by Crippen LogP contribution is -2.22. The summed E-state index contributed by atoms with van der Waals surface area (Å²) in [6.45, 7) is 2.02. The summed E-state index contributed by atoms with van der Waals surface area (Å²) in [5, 5.41) is 19.9. The average Bonchev–Trinajstić information content (AvgIpc) is 3.80. The van der Waals surface area contributed by atoms with Gasteiger partial charge in [-0.2, -0.15) is 4.98 Å². The first-order valence-corrected chi connectivity index (χ1v) is 15.9. The standard InChI is InChI=1S/C34H32Cl2N4O6/c1-44-32-19(16-39-13-12-20(42)17-39)8-11-28(37-32)45-27-10-9-22-21(4-2-5-23(22)27)24-6-3-7-25(29(24)36)33-38-30-31(46-33)26(35)18-40(14-15-41)34(30)43/h2-8,11,18,20,27,41-42H,9-10,12-17H2,1H3/t20-,27+/m1/s1. The third-order valence-electron chi connectivity index (χ3n) is 8.66. The van der Waals surface area contributed by atoms with E-state index < -0.39 is 5.56 Å². The van der Waals surface area contributed by atoms with Gasteiger partial charge in [0, 0.05) is 49.6 Å². The zero-order valence-electron chi connectivity index (χ0n) is 25.1. The molecule has 0 bridgehead atoms. The Morgan fingerprint density at radius 3 is 2.63 bits per heavy atom. The van der Waals surface area contributed by atoms with E-state index in [-0.39, 0.29) is 47.4 Å². The molecule has 46 heavy (non-hydrogen) atoms. The van der Waals surface area contributed by atoms with E-state index in [0.717, 1.165) is 53.6 Å². The van der Waals surface area contributed by atoms with Crippen LogP contribution in [-0.4, -0.2) is 62.6 Å². The van der Waals surface area contributed by atoms with Gasteiger partial charge in [-0.25, -0.2) is 4.98 Å². The Morgan fingerprint density at radius 1 is 1.04 bits per heavy atom. The second kappa shape index (κ2) is 12.7. The van der Waals surface area contributed by atoms with Gasteiger partial charge in [0.1, 0.15) is 11.1 Å². The molecule has 2 aromatic carbocycles. The number of nitrogens with zero attached hydrogens (tertiary/aromatic N) is 4. The fourth-order valence-electron chi connectivity index (χ4n) is 6.46. The van der Waals surface area contributed by atoms with E-state index in [1.165, 1.54) is 10.8 Å². The molecule has 0 unspecified atom stereocenters. The van der Waals surface area contributed by atoms with E-state index >= 15 is 0 Å². The Morgan fingerprint density at radius 2 is 1.85 bits per heavy atom. The quantitative estimate of drug-likeness (QED) is 0.206. The van der Waals surface area contributed by atoms with Gasteiger partial charge in [-0.3, -0.25) is 9.69 Å². The molecule has 5 aromatic rings. The van der Waals surface area contributed by atoms with Crippen molar-refractivity contribution >= 4 is 34.3 Å². The van der Waals surface area contributed by atoms with Crippen LogP contribution in [-0.2, 0) is 19.5 Å². The molecule has 0 radical (unpaired) electrons. The van der Waals surface area contributed by atoms with Crippen molar-refractivity contribution in [2.75, 3.05) is 26.8 Å². The maximum Gasteiger partial charge on any atom is 0.280 e. The summed E-state index contributed by atoms with van der Waals surface area (Å²) >= 11 is 13.4. The van der Waals surface area contributed by atoms with Gasteiger partial charge in [0.25, 0.3) is 5.56 Å². The number of halogens is 2. The van der Waals surface area contributed by atoms with Crippen LogP contribution in [0.5, 0.6) is 11.8 Å². The van der Waals surface area contributed by atoms with Crippen LogP contribution in [0.25, 0.3) is 33.7 Å². The van der Waals surface area contributed by atoms with E-state index in [4.69, 9.17) is 37.1 Å². The number of likely N-dealkylation sites (tertiary alicyclic amines) is 1. The van der Waals surface area contributed by atoms with Crippen LogP contribution in [0, 0.1) is 0 Å². The van der Waals surface area contributed by atoms with Crippen molar-refractivity contribution in [1.29, 1.82) is 0 Å². The predicted octanol–water partition coefficient (Wildman–Crippen LogP) is 5.66. The number of benzene rings is 2. The van der Waals surface area contributed by atoms with E-state index in [1.807, 2.05) is 36.4 Å². The fraction of sp³-hybridized carbons (Fsp3) is 0.324. The molecular formula is C34H32Cl2N4O6. The molecule has 3 aromatic heterocycles. The first-order valence-electron chi connectivity index (χ1n) is 15.2. The largest absolute Gasteiger partial charge is 0.481 e. The minimum absolute atomic E-state index is 0.0751. The predicted molar refractivity (Wildman–Crippen MR) is 175 cm³/mol. The average molecular weight is 664 g/mol. The number of ether oxygens (including phenoxy) is 2. The van der Waals surface area contributed by atoms with Crippen LogP contribution in [0.4, 0.5) is 0 Å². The zero-order chi connectivity index (χ0) is 31.9. The smallest absolute Gasteiger partial charge is 0.280 e. The Balaban J connectivity index is 1.17. The number of oxazole rings is 1. The summed E-state index contributed by atoms with van der Waals surface area (Å²) in [7, 11) is 1.60. The van der Waals surface area contributed by atoms with Gasteiger partial charge in [-0.05, 0) is 48.1 Å². The Hall–Kier alpha value is -3.93. The first-order chi connectivity index (χ1) is 22.3. The van der Waals surface area contributed by atoms with Crippen molar-refractivity contribution in [1.82, 2.24) is 19.4 Å². The molecule has 1 aliphatic heterocycles. The normalized spacial score (nSPS) is 17.9. The zero-order valence-corrected chi connectivity index (χ0v) is 26.6. The number of methoxy groups -OCH3 is 1. The Kier molecular flexibility index (Phi) is 8.48. The van der Waals surface area contributed by atoms with Crippen LogP contribution in [0.2, 0.25) is 10.0 Å². The molecule has 238 valence electrons. The molecule has 0 spiro atoms. The molecular weight excluding hydrogens is 631 g/mol. The van der Waals surface area contributed by atoms with Gasteiger partial charge in [-0.1, -0.05) is 53.5 Å². The van der Waals surface area contributed by atoms with Crippen molar-refractivity contribution < 1.29 is 24.1 Å². The summed E-state index contributed by atoms with van der Waals surface area (Å²) in [5.74, 6) is 1.18. The van der Waals surface area contributed by atoms with Crippen LogP contribution >= 0.6 is 23.2 Å². The minimum atomic E-state index is -0.407. The maximum absolute atomic E-state index is 12.9. The van der Waals surface area contributed by atoms with Gasteiger partial charge in [0.15, 0.2) is 11.1 Å². The highest BCUT2D eigenvalue weighted by Gasteiger charge is 2.29. The van der Waals surface area contributed by atoms with Crippen LogP contribution in [0.15, 0.2) is 63.9 Å². The number of hydrogen-bond acceptors (Lipinski definition) is 9. The maximum atomic E-state index is 12.9. The molecule has 2 N–H and O–H groups in total. The minimum Gasteiger partial charge on any atom is -0.481 e. The van der Waals surface area contributed by atoms with Crippen molar-refractivity contribution in [3.63, 3.8) is 0 Å². The second-order valence-electron chi connectivity index (χ2n) is 11.6. The summed E-state index contributed by atoms with van der Waals surface area (Å²) in [6, 6.07) is 15.6. The molecule has 10 nitrogen and oxygen atoms in total. The highest BCUT2D eigenvalue weighted by atomic mass is 35.5. The van der Waals surface area contributed by atoms with Gasteiger partial charge >= 0.3 is 0 Å². The second-order valence-corrected chi connectivity index (χ2v) is 12.4. The van der Waals surface area contributed by atoms with Crippen molar-refractivity contribution in [2.45, 2.75) is 44.6 Å². The molecule has 4 heterocycles. The first kappa shape index (κ1) is 30.7. The molecule has 2 atom stereocenters. The molecule has 2 aliphatic rings. The van der Waals surface area contributed by atoms with Crippen molar-refractivity contribution in [3.05, 3.63) is 91.8 Å². The number of rotatable bonds is 9. The van der Waals surface area contributed by atoms with E-state index in [0.29, 0.717) is 35.4 Å². The number of pyridine rings is 2. The number of aliphatic hydroxyl groups is 2.